The highest BCUT2D eigenvalue weighted by molar-refractivity contribution is 7.99. The van der Waals surface area contributed by atoms with Crippen LogP contribution in [0.15, 0.2) is 59.9 Å². The second-order valence-corrected chi connectivity index (χ2v) is 7.82. The van der Waals surface area contributed by atoms with E-state index in [9.17, 15) is 14.7 Å². The van der Waals surface area contributed by atoms with Gasteiger partial charge in [0.05, 0.1) is 18.1 Å². The van der Waals surface area contributed by atoms with Crippen molar-refractivity contribution in [2.24, 2.45) is 0 Å². The van der Waals surface area contributed by atoms with Crippen molar-refractivity contribution in [3.63, 3.8) is 0 Å². The van der Waals surface area contributed by atoms with Crippen LogP contribution in [0.25, 0.3) is 0 Å². The summed E-state index contributed by atoms with van der Waals surface area (Å²) in [7, 11) is 0. The van der Waals surface area contributed by atoms with Crippen LogP contribution in [-0.2, 0) is 22.7 Å². The van der Waals surface area contributed by atoms with Crippen molar-refractivity contribution < 1.29 is 14.7 Å². The quantitative estimate of drug-likeness (QED) is 0.482. The van der Waals surface area contributed by atoms with Gasteiger partial charge in [0.2, 0.25) is 11.8 Å². The maximum Gasteiger partial charge on any atom is 0.234 e. The molecule has 0 aliphatic heterocycles. The molecule has 1 aromatic heterocycles. The predicted molar refractivity (Wildman–Crippen MR) is 119 cm³/mol. The predicted octanol–water partition coefficient (Wildman–Crippen LogP) is 3.42. The number of amides is 2. The van der Waals surface area contributed by atoms with E-state index in [1.54, 1.807) is 30.5 Å². The van der Waals surface area contributed by atoms with E-state index in [1.807, 2.05) is 11.5 Å². The van der Waals surface area contributed by atoms with Gasteiger partial charge in [-0.15, -0.1) is 0 Å². The van der Waals surface area contributed by atoms with Crippen LogP contribution in [0.3, 0.4) is 0 Å². The molecule has 3 N–H and O–H groups in total. The molecule has 0 spiro atoms. The Morgan fingerprint density at radius 3 is 2.27 bits per heavy atom. The average Bonchev–Trinajstić information content (AvgIpc) is 3.11. The number of thioether (sulfide) groups is 1. The third-order valence-corrected chi connectivity index (χ3v) is 5.24. The molecule has 0 aliphatic carbocycles. The maximum absolute atomic E-state index is 12.3. The molecule has 0 bridgehead atoms. The van der Waals surface area contributed by atoms with E-state index in [2.05, 4.69) is 39.9 Å². The first-order valence-corrected chi connectivity index (χ1v) is 10.4. The normalized spacial score (nSPS) is 10.6. The molecule has 0 saturated carbocycles. The molecule has 8 heteroatoms. The summed E-state index contributed by atoms with van der Waals surface area (Å²) in [6.45, 7) is 3.94. The van der Waals surface area contributed by atoms with Crippen LogP contribution in [0.1, 0.15) is 23.7 Å². The lowest BCUT2D eigenvalue weighted by molar-refractivity contribution is -0.114. The van der Waals surface area contributed by atoms with Crippen LogP contribution in [0, 0.1) is 6.92 Å². The van der Waals surface area contributed by atoms with Crippen LogP contribution in [0.4, 0.5) is 11.4 Å². The van der Waals surface area contributed by atoms with Crippen LogP contribution in [-0.4, -0.2) is 32.2 Å². The number of nitrogens with one attached hydrogen (secondary N) is 2. The number of anilines is 2. The van der Waals surface area contributed by atoms with E-state index in [4.69, 9.17) is 0 Å². The summed E-state index contributed by atoms with van der Waals surface area (Å²) >= 11 is 1.32. The molecule has 0 atom stereocenters. The van der Waals surface area contributed by atoms with Gasteiger partial charge in [-0.25, -0.2) is 4.98 Å². The number of aryl methyl sites for hydroxylation is 1. The van der Waals surface area contributed by atoms with Crippen molar-refractivity contribution in [3.8, 4) is 0 Å². The molecule has 3 rings (SSSR count). The summed E-state index contributed by atoms with van der Waals surface area (Å²) in [5, 5.41) is 15.6. The molecular formula is C22H24N4O3S. The number of aliphatic hydroxyl groups excluding tert-OH is 1. The minimum atomic E-state index is -0.164. The lowest BCUT2D eigenvalue weighted by Gasteiger charge is -2.09. The summed E-state index contributed by atoms with van der Waals surface area (Å²) in [4.78, 5) is 27.8. The number of aromatic nitrogens is 2. The topological polar surface area (TPSA) is 96.2 Å². The molecule has 2 amide bonds. The molecule has 0 unspecified atom stereocenters. The molecule has 1 heterocycles. The first-order chi connectivity index (χ1) is 14.4. The van der Waals surface area contributed by atoms with E-state index < -0.39 is 0 Å². The van der Waals surface area contributed by atoms with Crippen molar-refractivity contribution in [2.75, 3.05) is 16.4 Å². The number of nitrogens with zero attached hydrogens (tertiary/aromatic N) is 2. The van der Waals surface area contributed by atoms with E-state index in [1.165, 1.54) is 24.2 Å². The fourth-order valence-electron chi connectivity index (χ4n) is 2.81. The number of carbonyl (C=O) groups is 2. The minimum Gasteiger partial charge on any atom is -0.390 e. The number of hydrogen-bond acceptors (Lipinski definition) is 5. The van der Waals surface area contributed by atoms with E-state index in [0.717, 1.165) is 5.56 Å². The molecule has 7 nitrogen and oxygen atoms in total. The number of rotatable bonds is 8. The number of carbonyl (C=O) groups excluding carboxylic acids is 2. The number of benzene rings is 2. The Morgan fingerprint density at radius 2 is 1.67 bits per heavy atom. The molecule has 0 aliphatic rings. The highest BCUT2D eigenvalue weighted by Crippen LogP contribution is 2.21. The molecule has 30 heavy (non-hydrogen) atoms. The summed E-state index contributed by atoms with van der Waals surface area (Å²) < 4.78 is 1.94. The van der Waals surface area contributed by atoms with Gasteiger partial charge in [-0.05, 0) is 36.8 Å². The molecule has 0 radical (unpaired) electrons. The van der Waals surface area contributed by atoms with Gasteiger partial charge < -0.3 is 20.3 Å². The SMILES string of the molecule is CC(=O)Nc1ccc(NC(=O)CSc2nc(CO)cn2Cc2ccc(C)cc2)cc1. The third-order valence-electron chi connectivity index (χ3n) is 4.25. The van der Waals surface area contributed by atoms with Crippen LogP contribution < -0.4 is 10.6 Å². The van der Waals surface area contributed by atoms with Gasteiger partial charge in [0.15, 0.2) is 5.16 Å². The zero-order valence-electron chi connectivity index (χ0n) is 16.9. The summed E-state index contributed by atoms with van der Waals surface area (Å²) in [5.74, 6) is -0.127. The first kappa shape index (κ1) is 21.6. The number of hydrogen-bond donors (Lipinski definition) is 3. The third kappa shape index (κ3) is 6.20. The van der Waals surface area contributed by atoms with E-state index >= 15 is 0 Å². The first-order valence-electron chi connectivity index (χ1n) is 9.45. The van der Waals surface area contributed by atoms with Gasteiger partial charge in [-0.1, -0.05) is 41.6 Å². The highest BCUT2D eigenvalue weighted by Gasteiger charge is 2.12. The van der Waals surface area contributed by atoms with Gasteiger partial charge in [0, 0.05) is 31.0 Å². The lowest BCUT2D eigenvalue weighted by Crippen LogP contribution is -2.15. The smallest absolute Gasteiger partial charge is 0.234 e. The van der Waals surface area contributed by atoms with Crippen molar-refractivity contribution in [1.82, 2.24) is 9.55 Å². The Morgan fingerprint density at radius 1 is 1.03 bits per heavy atom. The standard InChI is InChI=1S/C22H24N4O3S/c1-15-3-5-17(6-4-15)11-26-12-20(13-27)25-22(26)30-14-21(29)24-19-9-7-18(8-10-19)23-16(2)28/h3-10,12,27H,11,13-14H2,1-2H3,(H,23,28)(H,24,29). The molecule has 0 saturated heterocycles. The van der Waals surface area contributed by atoms with E-state index in [-0.39, 0.29) is 24.2 Å². The van der Waals surface area contributed by atoms with Gasteiger partial charge in [0.25, 0.3) is 0 Å². The fourth-order valence-corrected chi connectivity index (χ4v) is 3.61. The Hall–Kier alpha value is -3.10. The van der Waals surface area contributed by atoms with E-state index in [0.29, 0.717) is 28.8 Å². The van der Waals surface area contributed by atoms with Crippen molar-refractivity contribution in [1.29, 1.82) is 0 Å². The Kier molecular flexibility index (Phi) is 7.26. The summed E-state index contributed by atoms with van der Waals surface area (Å²) in [5.41, 5.74) is 4.20. The Bertz CT molecular complexity index is 1010. The van der Waals surface area contributed by atoms with Crippen molar-refractivity contribution in [2.45, 2.75) is 32.2 Å². The Balaban J connectivity index is 1.60. The molecule has 3 aromatic rings. The second-order valence-electron chi connectivity index (χ2n) is 6.88. The Labute approximate surface area is 179 Å². The van der Waals surface area contributed by atoms with Crippen molar-refractivity contribution >= 4 is 35.0 Å². The average molecular weight is 425 g/mol. The maximum atomic E-state index is 12.3. The monoisotopic (exact) mass is 424 g/mol. The van der Waals surface area contributed by atoms with Gasteiger partial charge in [-0.3, -0.25) is 9.59 Å². The number of aliphatic hydroxyl groups is 1. The summed E-state index contributed by atoms with van der Waals surface area (Å²) in [6, 6.07) is 15.1. The largest absolute Gasteiger partial charge is 0.390 e. The zero-order chi connectivity index (χ0) is 21.5. The van der Waals surface area contributed by atoms with Gasteiger partial charge in [0.1, 0.15) is 0 Å². The molecule has 156 valence electrons. The zero-order valence-corrected chi connectivity index (χ0v) is 17.7. The van der Waals surface area contributed by atoms with Crippen LogP contribution in [0.2, 0.25) is 0 Å². The number of imidazole rings is 1. The lowest BCUT2D eigenvalue weighted by atomic mass is 10.1. The minimum absolute atomic E-state index is 0.147. The van der Waals surface area contributed by atoms with Crippen LogP contribution >= 0.6 is 11.8 Å². The van der Waals surface area contributed by atoms with Gasteiger partial charge in [-0.2, -0.15) is 0 Å². The van der Waals surface area contributed by atoms with Gasteiger partial charge >= 0.3 is 0 Å². The second kappa shape index (κ2) is 10.1. The highest BCUT2D eigenvalue weighted by atomic mass is 32.2. The molecule has 0 fully saturated rings. The molecule has 2 aromatic carbocycles. The van der Waals surface area contributed by atoms with Crippen molar-refractivity contribution in [3.05, 3.63) is 71.5 Å². The fraction of sp³-hybridized carbons (Fsp3) is 0.227. The van der Waals surface area contributed by atoms with Crippen LogP contribution in [0.5, 0.6) is 0 Å². The summed E-state index contributed by atoms with van der Waals surface area (Å²) in [6.07, 6.45) is 1.81. The molecular weight excluding hydrogens is 400 g/mol.